The fourth-order valence-corrected chi connectivity index (χ4v) is 9.43. The number of fused-ring (bicyclic) bond motifs is 11. The molecular formula is C20H8S5. The van der Waals surface area contributed by atoms with E-state index in [0.717, 1.165) is 0 Å². The number of hydrogen-bond donors (Lipinski definition) is 0. The van der Waals surface area contributed by atoms with Gasteiger partial charge in [0, 0.05) is 51.1 Å². The van der Waals surface area contributed by atoms with Crippen molar-refractivity contribution in [1.29, 1.82) is 0 Å². The molecule has 5 heteroatoms. The Morgan fingerprint density at radius 2 is 0.880 bits per heavy atom. The van der Waals surface area contributed by atoms with Gasteiger partial charge in [-0.05, 0) is 47.2 Å². The molecule has 2 aromatic carbocycles. The smallest absolute Gasteiger partial charge is 0.0877 e. The van der Waals surface area contributed by atoms with Crippen LogP contribution in [0.25, 0.3) is 59.1 Å². The lowest BCUT2D eigenvalue weighted by Gasteiger charge is -1.98. The molecule has 0 atom stereocenters. The van der Waals surface area contributed by atoms with Crippen molar-refractivity contribution in [3.63, 3.8) is 0 Å². The van der Waals surface area contributed by atoms with Crippen LogP contribution in [0.15, 0.2) is 47.2 Å². The fraction of sp³-hybridized carbons (Fsp3) is 0. The molecule has 7 rings (SSSR count). The van der Waals surface area contributed by atoms with Crippen LogP contribution < -0.4 is 0 Å². The summed E-state index contributed by atoms with van der Waals surface area (Å²) in [4.78, 5) is 0. The quantitative estimate of drug-likeness (QED) is 0.235. The Bertz CT molecular complexity index is 1480. The average Bonchev–Trinajstić information content (AvgIpc) is 3.37. The van der Waals surface area contributed by atoms with Crippen LogP contribution in [-0.4, -0.2) is 0 Å². The van der Waals surface area contributed by atoms with E-state index in [0.29, 0.717) is 0 Å². The molecule has 5 heterocycles. The van der Waals surface area contributed by atoms with Gasteiger partial charge in [-0.3, -0.25) is 0 Å². The Morgan fingerprint density at radius 3 is 1.36 bits per heavy atom. The average molecular weight is 409 g/mol. The molecule has 7 aromatic rings. The van der Waals surface area contributed by atoms with E-state index in [1.54, 1.807) is 0 Å². The Kier molecular flexibility index (Phi) is 2.52. The Balaban J connectivity index is 1.91. The second-order valence-corrected chi connectivity index (χ2v) is 11.7. The summed E-state index contributed by atoms with van der Waals surface area (Å²) in [6, 6.07) is 13.9. The zero-order valence-electron chi connectivity index (χ0n) is 12.7. The SMILES string of the molecule is c1cc2c(s1)sc1ccc3sc4ccc5sc6sccc6c5c4c3c12. The van der Waals surface area contributed by atoms with Gasteiger partial charge < -0.3 is 0 Å². The van der Waals surface area contributed by atoms with Gasteiger partial charge in [0.1, 0.15) is 0 Å². The maximum atomic E-state index is 2.32. The molecule has 0 bridgehead atoms. The topological polar surface area (TPSA) is 0 Å². The van der Waals surface area contributed by atoms with Crippen molar-refractivity contribution in [2.24, 2.45) is 0 Å². The van der Waals surface area contributed by atoms with Crippen molar-refractivity contribution in [3.8, 4) is 0 Å². The maximum absolute atomic E-state index is 2.32. The zero-order chi connectivity index (χ0) is 16.1. The third-order valence-electron chi connectivity index (χ3n) is 4.93. The summed E-state index contributed by atoms with van der Waals surface area (Å²) in [5, 5.41) is 13.2. The van der Waals surface area contributed by atoms with Crippen LogP contribution in [0.5, 0.6) is 0 Å². The van der Waals surface area contributed by atoms with E-state index < -0.39 is 0 Å². The number of rotatable bonds is 0. The highest BCUT2D eigenvalue weighted by Gasteiger charge is 2.18. The number of thiophene rings is 5. The predicted molar refractivity (Wildman–Crippen MR) is 121 cm³/mol. The van der Waals surface area contributed by atoms with Crippen LogP contribution in [-0.2, 0) is 0 Å². The first kappa shape index (κ1) is 13.7. The molecule has 0 spiro atoms. The van der Waals surface area contributed by atoms with Crippen LogP contribution >= 0.6 is 56.7 Å². The summed E-state index contributed by atoms with van der Waals surface area (Å²) < 4.78 is 8.55. The lowest BCUT2D eigenvalue weighted by atomic mass is 10.0. The van der Waals surface area contributed by atoms with Gasteiger partial charge in [-0.25, -0.2) is 0 Å². The van der Waals surface area contributed by atoms with Crippen molar-refractivity contribution in [2.75, 3.05) is 0 Å². The number of benzene rings is 2. The van der Waals surface area contributed by atoms with Crippen molar-refractivity contribution in [3.05, 3.63) is 47.2 Å². The summed E-state index contributed by atoms with van der Waals surface area (Å²) >= 11 is 9.54. The van der Waals surface area contributed by atoms with E-state index in [9.17, 15) is 0 Å². The largest absolute Gasteiger partial charge is 0.135 e. The molecule has 0 unspecified atom stereocenters. The molecule has 0 N–H and O–H groups in total. The van der Waals surface area contributed by atoms with Crippen LogP contribution in [0.2, 0.25) is 0 Å². The van der Waals surface area contributed by atoms with Gasteiger partial charge in [-0.2, -0.15) is 0 Å². The molecule has 0 aliphatic heterocycles. The van der Waals surface area contributed by atoms with E-state index in [1.807, 2.05) is 56.7 Å². The standard InChI is InChI=1S/C20H8S5/c1-3-13-17(15-9-5-7-21-19(9)24-11(1)15)18-14(23-13)4-2-12-16(18)10-6-8-22-20(10)25-12/h1-8H. The first-order valence-corrected chi connectivity index (χ1v) is 12.1. The van der Waals surface area contributed by atoms with Gasteiger partial charge in [-0.1, -0.05) is 0 Å². The van der Waals surface area contributed by atoms with E-state index in [2.05, 4.69) is 47.2 Å². The molecule has 0 saturated carbocycles. The van der Waals surface area contributed by atoms with Crippen molar-refractivity contribution >= 4 is 116 Å². The van der Waals surface area contributed by atoms with Crippen molar-refractivity contribution < 1.29 is 0 Å². The Labute approximate surface area is 162 Å². The van der Waals surface area contributed by atoms with Crippen LogP contribution in [0, 0.1) is 0 Å². The van der Waals surface area contributed by atoms with E-state index in [1.165, 1.54) is 59.1 Å². The summed E-state index contributed by atoms with van der Waals surface area (Å²) in [5.74, 6) is 0. The molecule has 0 saturated heterocycles. The molecule has 0 aliphatic carbocycles. The van der Waals surface area contributed by atoms with Gasteiger partial charge in [0.15, 0.2) is 0 Å². The Morgan fingerprint density at radius 1 is 0.440 bits per heavy atom. The maximum Gasteiger partial charge on any atom is 0.0877 e. The molecule has 0 nitrogen and oxygen atoms in total. The third kappa shape index (κ3) is 1.62. The molecule has 25 heavy (non-hydrogen) atoms. The highest BCUT2D eigenvalue weighted by Crippen LogP contribution is 2.50. The minimum Gasteiger partial charge on any atom is -0.135 e. The highest BCUT2D eigenvalue weighted by atomic mass is 32.2. The fourth-order valence-electron chi connectivity index (χ4n) is 3.94. The predicted octanol–water partition coefficient (Wildman–Crippen LogP) is 8.91. The monoisotopic (exact) mass is 408 g/mol. The van der Waals surface area contributed by atoms with Gasteiger partial charge >= 0.3 is 0 Å². The minimum atomic E-state index is 1.41. The normalized spacial score (nSPS) is 12.8. The first-order valence-electron chi connectivity index (χ1n) is 7.92. The van der Waals surface area contributed by atoms with E-state index in [-0.39, 0.29) is 0 Å². The Hall–Kier alpha value is -1.50. The van der Waals surface area contributed by atoms with Gasteiger partial charge in [0.25, 0.3) is 0 Å². The van der Waals surface area contributed by atoms with Crippen LogP contribution in [0.4, 0.5) is 0 Å². The van der Waals surface area contributed by atoms with Crippen molar-refractivity contribution in [1.82, 2.24) is 0 Å². The molecule has 0 fully saturated rings. The van der Waals surface area contributed by atoms with E-state index >= 15 is 0 Å². The molecule has 0 radical (unpaired) electrons. The second kappa shape index (κ2) is 4.61. The first-order chi connectivity index (χ1) is 12.4. The molecule has 5 aromatic heterocycles. The van der Waals surface area contributed by atoms with Gasteiger partial charge in [-0.15, -0.1) is 56.7 Å². The second-order valence-electron chi connectivity index (χ2n) is 6.17. The molecule has 0 aliphatic rings. The van der Waals surface area contributed by atoms with Gasteiger partial charge in [0.2, 0.25) is 0 Å². The molecule has 118 valence electrons. The van der Waals surface area contributed by atoms with Gasteiger partial charge in [0.05, 0.1) is 8.03 Å². The molecular weight excluding hydrogens is 401 g/mol. The minimum absolute atomic E-state index is 1.41. The van der Waals surface area contributed by atoms with E-state index in [4.69, 9.17) is 0 Å². The summed E-state index contributed by atoms with van der Waals surface area (Å²) in [6.45, 7) is 0. The zero-order valence-corrected chi connectivity index (χ0v) is 16.7. The highest BCUT2D eigenvalue weighted by molar-refractivity contribution is 7.42. The summed E-state index contributed by atoms with van der Waals surface area (Å²) in [5.41, 5.74) is 0. The lowest BCUT2D eigenvalue weighted by molar-refractivity contribution is 2.05. The number of hydrogen-bond acceptors (Lipinski definition) is 5. The van der Waals surface area contributed by atoms with Crippen LogP contribution in [0.1, 0.15) is 0 Å². The molecule has 0 amide bonds. The summed E-state index contributed by atoms with van der Waals surface area (Å²) in [6.07, 6.45) is 0. The lowest BCUT2D eigenvalue weighted by Crippen LogP contribution is -1.71. The van der Waals surface area contributed by atoms with Crippen LogP contribution in [0.3, 0.4) is 0 Å². The summed E-state index contributed by atoms with van der Waals surface area (Å²) in [7, 11) is 0. The van der Waals surface area contributed by atoms with Crippen molar-refractivity contribution in [2.45, 2.75) is 0 Å². The third-order valence-corrected chi connectivity index (χ3v) is 10.5.